The van der Waals surface area contributed by atoms with Gasteiger partial charge in [0, 0.05) is 5.56 Å². The van der Waals surface area contributed by atoms with E-state index in [0.29, 0.717) is 0 Å². The molecule has 1 fully saturated rings. The minimum absolute atomic E-state index is 0.0106. The van der Waals surface area contributed by atoms with Crippen LogP contribution in [0.25, 0.3) is 0 Å². The predicted octanol–water partition coefficient (Wildman–Crippen LogP) is 3.84. The van der Waals surface area contributed by atoms with Gasteiger partial charge in [0.25, 0.3) is 0 Å². The molecule has 1 aromatic carbocycles. The van der Waals surface area contributed by atoms with Crippen LogP contribution in [0, 0.1) is 23.5 Å². The Morgan fingerprint density at radius 3 is 2.24 bits per heavy atom. The second-order valence-corrected chi connectivity index (χ2v) is 5.44. The van der Waals surface area contributed by atoms with Gasteiger partial charge in [0.05, 0.1) is 12.0 Å². The van der Waals surface area contributed by atoms with Gasteiger partial charge in [-0.3, -0.25) is 11.3 Å². The number of hydrogen-bond donors (Lipinski definition) is 2. The van der Waals surface area contributed by atoms with E-state index < -0.39 is 29.8 Å². The lowest BCUT2D eigenvalue weighted by Gasteiger charge is -2.34. The van der Waals surface area contributed by atoms with Crippen LogP contribution in [0.15, 0.2) is 18.2 Å². The Kier molecular flexibility index (Phi) is 4.83. The molecule has 1 aliphatic rings. The quantitative estimate of drug-likeness (QED) is 0.506. The molecule has 1 aliphatic carbocycles. The molecule has 1 aromatic rings. The summed E-state index contributed by atoms with van der Waals surface area (Å²) in [4.78, 5) is 0. The van der Waals surface area contributed by atoms with Crippen LogP contribution in [0.3, 0.4) is 0 Å². The number of hydrazine groups is 1. The number of hydrogen-bond acceptors (Lipinski definition) is 2. The SMILES string of the molecule is NNC(c1cccc(F)c1F)C1CCC(C(F)(F)F)CC1. The monoisotopic (exact) mass is 308 g/mol. The van der Waals surface area contributed by atoms with E-state index in [4.69, 9.17) is 5.84 Å². The highest BCUT2D eigenvalue weighted by molar-refractivity contribution is 5.23. The van der Waals surface area contributed by atoms with Crippen molar-refractivity contribution in [1.29, 1.82) is 0 Å². The zero-order chi connectivity index (χ0) is 15.6. The smallest absolute Gasteiger partial charge is 0.271 e. The standard InChI is InChI=1S/C14H17F5N2/c15-11-3-1-2-10(12(11)16)13(21-20)8-4-6-9(7-5-8)14(17,18)19/h1-3,8-9,13,21H,4-7,20H2. The molecule has 0 spiro atoms. The van der Waals surface area contributed by atoms with Crippen molar-refractivity contribution in [1.82, 2.24) is 5.43 Å². The van der Waals surface area contributed by atoms with Crippen LogP contribution in [0.1, 0.15) is 37.3 Å². The number of rotatable bonds is 3. The third kappa shape index (κ3) is 3.52. The highest BCUT2D eigenvalue weighted by Crippen LogP contribution is 2.43. The summed E-state index contributed by atoms with van der Waals surface area (Å²) in [5, 5.41) is 0. The number of benzene rings is 1. The first-order chi connectivity index (χ1) is 9.84. The van der Waals surface area contributed by atoms with Gasteiger partial charge in [-0.2, -0.15) is 13.2 Å². The van der Waals surface area contributed by atoms with Crippen LogP contribution in [-0.2, 0) is 0 Å². The zero-order valence-corrected chi connectivity index (χ0v) is 11.3. The molecule has 0 radical (unpaired) electrons. The fourth-order valence-corrected chi connectivity index (χ4v) is 3.02. The van der Waals surface area contributed by atoms with Gasteiger partial charge in [0.1, 0.15) is 0 Å². The fourth-order valence-electron chi connectivity index (χ4n) is 3.02. The van der Waals surface area contributed by atoms with Gasteiger partial charge in [-0.25, -0.2) is 8.78 Å². The molecule has 21 heavy (non-hydrogen) atoms. The van der Waals surface area contributed by atoms with Gasteiger partial charge < -0.3 is 0 Å². The van der Waals surface area contributed by atoms with E-state index in [9.17, 15) is 22.0 Å². The van der Waals surface area contributed by atoms with Crippen LogP contribution in [-0.4, -0.2) is 6.18 Å². The minimum atomic E-state index is -4.19. The Labute approximate surface area is 119 Å². The summed E-state index contributed by atoms with van der Waals surface area (Å²) in [6.45, 7) is 0. The maximum Gasteiger partial charge on any atom is 0.391 e. The molecule has 0 amide bonds. The van der Waals surface area contributed by atoms with Crippen LogP contribution < -0.4 is 11.3 Å². The van der Waals surface area contributed by atoms with Crippen molar-refractivity contribution in [3.8, 4) is 0 Å². The Morgan fingerprint density at radius 2 is 1.71 bits per heavy atom. The van der Waals surface area contributed by atoms with Crippen LogP contribution in [0.5, 0.6) is 0 Å². The summed E-state index contributed by atoms with van der Waals surface area (Å²) in [5.74, 6) is 1.86. The van der Waals surface area contributed by atoms with Gasteiger partial charge in [-0.1, -0.05) is 12.1 Å². The van der Waals surface area contributed by atoms with Gasteiger partial charge in [0.2, 0.25) is 0 Å². The van der Waals surface area contributed by atoms with Gasteiger partial charge in [-0.15, -0.1) is 0 Å². The summed E-state index contributed by atoms with van der Waals surface area (Å²) in [5.41, 5.74) is 2.48. The predicted molar refractivity (Wildman–Crippen MR) is 67.9 cm³/mol. The molecule has 0 aromatic heterocycles. The summed E-state index contributed by atoms with van der Waals surface area (Å²) in [7, 11) is 0. The summed E-state index contributed by atoms with van der Waals surface area (Å²) in [6.07, 6.45) is -3.67. The van der Waals surface area contributed by atoms with E-state index in [1.165, 1.54) is 12.1 Å². The van der Waals surface area contributed by atoms with Crippen molar-refractivity contribution in [2.24, 2.45) is 17.7 Å². The van der Waals surface area contributed by atoms with Gasteiger partial charge in [0.15, 0.2) is 11.6 Å². The normalized spacial score (nSPS) is 24.9. The molecule has 1 unspecified atom stereocenters. The number of nitrogens with one attached hydrogen (secondary N) is 1. The number of nitrogens with two attached hydrogens (primary N) is 1. The molecule has 2 nitrogen and oxygen atoms in total. The van der Waals surface area contributed by atoms with E-state index in [0.717, 1.165) is 6.07 Å². The molecular formula is C14H17F5N2. The zero-order valence-electron chi connectivity index (χ0n) is 11.3. The summed E-state index contributed by atoms with van der Waals surface area (Å²) >= 11 is 0. The molecule has 0 bridgehead atoms. The van der Waals surface area contributed by atoms with Crippen molar-refractivity contribution < 1.29 is 22.0 Å². The molecular weight excluding hydrogens is 291 g/mol. The Hall–Kier alpha value is -1.21. The van der Waals surface area contributed by atoms with E-state index in [-0.39, 0.29) is 37.2 Å². The Morgan fingerprint density at radius 1 is 1.10 bits per heavy atom. The maximum atomic E-state index is 13.8. The molecule has 2 rings (SSSR count). The summed E-state index contributed by atoms with van der Waals surface area (Å²) < 4.78 is 65.0. The number of halogens is 5. The maximum absolute atomic E-state index is 13.8. The minimum Gasteiger partial charge on any atom is -0.271 e. The topological polar surface area (TPSA) is 38.0 Å². The second-order valence-electron chi connectivity index (χ2n) is 5.44. The molecule has 1 saturated carbocycles. The third-order valence-corrected chi connectivity index (χ3v) is 4.20. The van der Waals surface area contributed by atoms with Crippen LogP contribution in [0.4, 0.5) is 22.0 Å². The van der Waals surface area contributed by atoms with Crippen molar-refractivity contribution in [3.05, 3.63) is 35.4 Å². The molecule has 118 valence electrons. The first kappa shape index (κ1) is 16.2. The van der Waals surface area contributed by atoms with Crippen LogP contribution >= 0.6 is 0 Å². The fraction of sp³-hybridized carbons (Fsp3) is 0.571. The van der Waals surface area contributed by atoms with E-state index >= 15 is 0 Å². The van der Waals surface area contributed by atoms with E-state index in [1.807, 2.05) is 0 Å². The van der Waals surface area contributed by atoms with Crippen molar-refractivity contribution >= 4 is 0 Å². The van der Waals surface area contributed by atoms with E-state index in [1.54, 1.807) is 0 Å². The van der Waals surface area contributed by atoms with Gasteiger partial charge in [-0.05, 0) is 37.7 Å². The highest BCUT2D eigenvalue weighted by atomic mass is 19.4. The molecule has 7 heteroatoms. The Balaban J connectivity index is 2.12. The molecule has 1 atom stereocenters. The second kappa shape index (κ2) is 6.27. The van der Waals surface area contributed by atoms with Gasteiger partial charge >= 0.3 is 6.18 Å². The van der Waals surface area contributed by atoms with Crippen LogP contribution in [0.2, 0.25) is 0 Å². The molecule has 0 saturated heterocycles. The lowest BCUT2D eigenvalue weighted by Crippen LogP contribution is -2.37. The molecule has 0 aliphatic heterocycles. The average Bonchev–Trinajstić information content (AvgIpc) is 2.44. The largest absolute Gasteiger partial charge is 0.391 e. The van der Waals surface area contributed by atoms with Crippen molar-refractivity contribution in [3.63, 3.8) is 0 Å². The average molecular weight is 308 g/mol. The highest BCUT2D eigenvalue weighted by Gasteiger charge is 2.42. The molecule has 3 N–H and O–H groups in total. The number of alkyl halides is 3. The lowest BCUT2D eigenvalue weighted by molar-refractivity contribution is -0.184. The molecule has 0 heterocycles. The third-order valence-electron chi connectivity index (χ3n) is 4.20. The lowest BCUT2D eigenvalue weighted by atomic mass is 9.76. The van der Waals surface area contributed by atoms with E-state index in [2.05, 4.69) is 5.43 Å². The van der Waals surface area contributed by atoms with Crippen molar-refractivity contribution in [2.75, 3.05) is 0 Å². The first-order valence-electron chi connectivity index (χ1n) is 6.81. The Bertz CT molecular complexity index is 481. The summed E-state index contributed by atoms with van der Waals surface area (Å²) in [6, 6.07) is 3.07. The first-order valence-corrected chi connectivity index (χ1v) is 6.81. The van der Waals surface area contributed by atoms with Crippen molar-refractivity contribution in [2.45, 2.75) is 37.9 Å².